The monoisotopic (exact) mass is 326 g/mol. The van der Waals surface area contributed by atoms with E-state index in [1.807, 2.05) is 0 Å². The van der Waals surface area contributed by atoms with Gasteiger partial charge in [-0.1, -0.05) is 17.3 Å². The number of ether oxygens (including phenoxy) is 1. The normalized spacial score (nSPS) is 10.4. The molecule has 0 spiro atoms. The van der Waals surface area contributed by atoms with E-state index in [1.54, 1.807) is 37.3 Å². The van der Waals surface area contributed by atoms with Gasteiger partial charge in [-0.15, -0.1) is 5.10 Å². The molecule has 0 atom stereocenters. The highest BCUT2D eigenvalue weighted by atomic mass is 16.5. The smallest absolute Gasteiger partial charge is 0.360 e. The number of hydrogen-bond acceptors (Lipinski definition) is 6. The van der Waals surface area contributed by atoms with Crippen molar-refractivity contribution < 1.29 is 18.7 Å². The molecule has 2 heterocycles. The summed E-state index contributed by atoms with van der Waals surface area (Å²) >= 11 is 0. The lowest BCUT2D eigenvalue weighted by molar-refractivity contribution is 0.0593. The molecule has 0 bridgehead atoms. The zero-order valence-corrected chi connectivity index (χ0v) is 13.0. The third kappa shape index (κ3) is 2.89. The van der Waals surface area contributed by atoms with Crippen LogP contribution in [0.3, 0.4) is 0 Å². The summed E-state index contributed by atoms with van der Waals surface area (Å²) in [6.45, 7) is 1.78. The number of nitrogens with zero attached hydrogens (tertiary/aromatic N) is 3. The van der Waals surface area contributed by atoms with Gasteiger partial charge in [-0.25, -0.2) is 9.48 Å². The van der Waals surface area contributed by atoms with Crippen molar-refractivity contribution in [3.63, 3.8) is 0 Å². The molecule has 2 aromatic heterocycles. The maximum absolute atomic E-state index is 12.3. The minimum absolute atomic E-state index is 0.0699. The summed E-state index contributed by atoms with van der Waals surface area (Å²) in [6, 6.07) is 8.71. The lowest BCUT2D eigenvalue weighted by Gasteiger charge is -2.09. The number of furan rings is 1. The summed E-state index contributed by atoms with van der Waals surface area (Å²) < 4.78 is 11.2. The molecule has 122 valence electrons. The van der Waals surface area contributed by atoms with Gasteiger partial charge in [0.25, 0.3) is 5.91 Å². The first-order chi connectivity index (χ1) is 11.6. The molecule has 8 nitrogen and oxygen atoms in total. The van der Waals surface area contributed by atoms with Crippen LogP contribution >= 0.6 is 0 Å². The molecule has 0 radical (unpaired) electrons. The van der Waals surface area contributed by atoms with Crippen LogP contribution in [0, 0.1) is 6.92 Å². The maximum Gasteiger partial charge on any atom is 0.360 e. The number of aromatic nitrogens is 3. The lowest BCUT2D eigenvalue weighted by atomic mass is 10.2. The second-order valence-electron chi connectivity index (χ2n) is 4.94. The van der Waals surface area contributed by atoms with Gasteiger partial charge in [0.2, 0.25) is 0 Å². The summed E-state index contributed by atoms with van der Waals surface area (Å²) in [6.07, 6.45) is 2.88. The van der Waals surface area contributed by atoms with E-state index < -0.39 is 5.97 Å². The first-order valence-electron chi connectivity index (χ1n) is 7.05. The van der Waals surface area contributed by atoms with Crippen molar-refractivity contribution in [1.29, 1.82) is 0 Å². The fourth-order valence-corrected chi connectivity index (χ4v) is 2.14. The van der Waals surface area contributed by atoms with Crippen LogP contribution in [0.25, 0.3) is 5.69 Å². The van der Waals surface area contributed by atoms with Gasteiger partial charge in [-0.2, -0.15) is 0 Å². The first kappa shape index (κ1) is 15.5. The number of esters is 1. The molecule has 0 aliphatic rings. The number of anilines is 1. The zero-order chi connectivity index (χ0) is 17.1. The number of methoxy groups -OCH3 is 1. The Labute approximate surface area is 137 Å². The second kappa shape index (κ2) is 6.37. The van der Waals surface area contributed by atoms with E-state index in [4.69, 9.17) is 4.42 Å². The van der Waals surface area contributed by atoms with Gasteiger partial charge < -0.3 is 14.5 Å². The number of hydrogen-bond donors (Lipinski definition) is 1. The van der Waals surface area contributed by atoms with Gasteiger partial charge in [-0.05, 0) is 25.1 Å². The lowest BCUT2D eigenvalue weighted by Crippen LogP contribution is -2.14. The maximum atomic E-state index is 12.3. The molecule has 1 N–H and O–H groups in total. The van der Waals surface area contributed by atoms with Crippen molar-refractivity contribution in [3.8, 4) is 5.69 Å². The van der Waals surface area contributed by atoms with Crippen molar-refractivity contribution in [2.75, 3.05) is 12.4 Å². The zero-order valence-electron chi connectivity index (χ0n) is 13.0. The van der Waals surface area contributed by atoms with Crippen LogP contribution in [0.1, 0.15) is 26.6 Å². The van der Waals surface area contributed by atoms with Gasteiger partial charge in [0.1, 0.15) is 0 Å². The SMILES string of the molecule is COC(=O)c1cn(-c2ccccc2NC(=O)c2occc2C)nn1. The van der Waals surface area contributed by atoms with Crippen molar-refractivity contribution >= 4 is 17.6 Å². The summed E-state index contributed by atoms with van der Waals surface area (Å²) in [4.78, 5) is 23.8. The van der Waals surface area contributed by atoms with Crippen molar-refractivity contribution in [1.82, 2.24) is 15.0 Å². The minimum Gasteiger partial charge on any atom is -0.464 e. The Hall–Kier alpha value is -3.42. The predicted octanol–water partition coefficient (Wildman–Crippen LogP) is 2.21. The first-order valence-corrected chi connectivity index (χ1v) is 7.05. The molecule has 1 amide bonds. The van der Waals surface area contributed by atoms with Crippen LogP contribution in [0.4, 0.5) is 5.69 Å². The molecule has 0 fully saturated rings. The molecule has 0 aliphatic carbocycles. The Balaban J connectivity index is 1.91. The molecule has 1 aromatic carbocycles. The Morgan fingerprint density at radius 2 is 2.04 bits per heavy atom. The molecule has 3 aromatic rings. The average Bonchev–Trinajstić information content (AvgIpc) is 3.23. The molecule has 24 heavy (non-hydrogen) atoms. The Bertz CT molecular complexity index is 897. The fraction of sp³-hybridized carbons (Fsp3) is 0.125. The van der Waals surface area contributed by atoms with Crippen molar-refractivity contribution in [3.05, 3.63) is 59.8 Å². The third-order valence-electron chi connectivity index (χ3n) is 3.36. The van der Waals surface area contributed by atoms with Gasteiger partial charge in [0, 0.05) is 5.56 Å². The second-order valence-corrected chi connectivity index (χ2v) is 4.94. The Morgan fingerprint density at radius 3 is 2.75 bits per heavy atom. The summed E-state index contributed by atoms with van der Waals surface area (Å²) in [5, 5.41) is 10.4. The van der Waals surface area contributed by atoms with Gasteiger partial charge in [0.15, 0.2) is 11.5 Å². The summed E-state index contributed by atoms with van der Waals surface area (Å²) in [5.41, 5.74) is 1.86. The number of benzene rings is 1. The van der Waals surface area contributed by atoms with Crippen LogP contribution < -0.4 is 5.32 Å². The molecule has 0 unspecified atom stereocenters. The summed E-state index contributed by atoms with van der Waals surface area (Å²) in [5.74, 6) is -0.731. The Morgan fingerprint density at radius 1 is 1.25 bits per heavy atom. The van der Waals surface area contributed by atoms with E-state index >= 15 is 0 Å². The predicted molar refractivity (Wildman–Crippen MR) is 84.1 cm³/mol. The molecule has 0 aliphatic heterocycles. The standard InChI is InChI=1S/C16H14N4O4/c1-10-7-8-24-14(10)15(21)17-11-5-3-4-6-13(11)20-9-12(18-19-20)16(22)23-2/h3-9H,1-2H3,(H,17,21). The number of carbonyl (C=O) groups is 2. The van der Waals surface area contributed by atoms with E-state index in [0.29, 0.717) is 11.4 Å². The molecule has 3 rings (SSSR count). The third-order valence-corrected chi connectivity index (χ3v) is 3.36. The van der Waals surface area contributed by atoms with E-state index in [2.05, 4.69) is 20.4 Å². The van der Waals surface area contributed by atoms with Crippen LogP contribution in [0.2, 0.25) is 0 Å². The quantitative estimate of drug-likeness (QED) is 0.738. The number of nitrogens with one attached hydrogen (secondary N) is 1. The van der Waals surface area contributed by atoms with E-state index in [9.17, 15) is 9.59 Å². The number of rotatable bonds is 4. The van der Waals surface area contributed by atoms with E-state index in [1.165, 1.54) is 24.3 Å². The van der Waals surface area contributed by atoms with Crippen molar-refractivity contribution in [2.45, 2.75) is 6.92 Å². The minimum atomic E-state index is -0.589. The Kier molecular flexibility index (Phi) is 4.11. The van der Waals surface area contributed by atoms with E-state index in [-0.39, 0.29) is 17.4 Å². The van der Waals surface area contributed by atoms with Gasteiger partial charge >= 0.3 is 5.97 Å². The highest BCUT2D eigenvalue weighted by molar-refractivity contribution is 6.04. The molecule has 0 saturated heterocycles. The van der Waals surface area contributed by atoms with E-state index in [0.717, 1.165) is 5.56 Å². The number of para-hydroxylation sites is 2. The van der Waals surface area contributed by atoms with Gasteiger partial charge in [0.05, 0.1) is 30.9 Å². The topological polar surface area (TPSA) is 99.2 Å². The number of carbonyl (C=O) groups excluding carboxylic acids is 2. The van der Waals surface area contributed by atoms with Crippen LogP contribution in [-0.4, -0.2) is 34.0 Å². The van der Waals surface area contributed by atoms with Gasteiger partial charge in [-0.3, -0.25) is 4.79 Å². The largest absolute Gasteiger partial charge is 0.464 e. The fourth-order valence-electron chi connectivity index (χ4n) is 2.14. The highest BCUT2D eigenvalue weighted by Gasteiger charge is 2.17. The van der Waals surface area contributed by atoms with Crippen molar-refractivity contribution in [2.24, 2.45) is 0 Å². The molecule has 0 saturated carbocycles. The van der Waals surface area contributed by atoms with Crippen LogP contribution in [0.15, 0.2) is 47.2 Å². The van der Waals surface area contributed by atoms with Crippen LogP contribution in [0.5, 0.6) is 0 Å². The number of aryl methyl sites for hydroxylation is 1. The summed E-state index contributed by atoms with van der Waals surface area (Å²) in [7, 11) is 1.27. The number of amides is 1. The molecular weight excluding hydrogens is 312 g/mol. The van der Waals surface area contributed by atoms with Crippen LogP contribution in [-0.2, 0) is 4.74 Å². The molecule has 8 heteroatoms. The molecular formula is C16H14N4O4. The average molecular weight is 326 g/mol. The highest BCUT2D eigenvalue weighted by Crippen LogP contribution is 2.21.